The van der Waals surface area contributed by atoms with E-state index in [1.165, 1.54) is 0 Å². The molecule has 0 aliphatic carbocycles. The highest BCUT2D eigenvalue weighted by atomic mass is 16.5. The standard InChI is InChI=1S/C25H30N2O2/c1-5-29-24-14-10-9-13-22(24)27-19(4)21(25(28)26-16-15-18(2)3)17-23(27)20-11-7-6-8-12-20/h6-14,17-18H,5,15-16H2,1-4H3,(H,26,28). The molecule has 0 saturated carbocycles. The third kappa shape index (κ3) is 4.70. The normalized spacial score (nSPS) is 10.9. The number of nitrogens with one attached hydrogen (secondary N) is 1. The summed E-state index contributed by atoms with van der Waals surface area (Å²) in [6.07, 6.45) is 0.963. The predicted octanol–water partition coefficient (Wildman–Crippen LogP) is 5.63. The molecule has 1 amide bonds. The van der Waals surface area contributed by atoms with E-state index >= 15 is 0 Å². The highest BCUT2D eigenvalue weighted by molar-refractivity contribution is 5.97. The van der Waals surface area contributed by atoms with Crippen LogP contribution in [0.1, 0.15) is 43.2 Å². The third-order valence-corrected chi connectivity index (χ3v) is 4.97. The van der Waals surface area contributed by atoms with Crippen molar-refractivity contribution in [2.24, 2.45) is 5.92 Å². The molecule has 29 heavy (non-hydrogen) atoms. The topological polar surface area (TPSA) is 43.3 Å². The van der Waals surface area contributed by atoms with Gasteiger partial charge in [-0.2, -0.15) is 0 Å². The van der Waals surface area contributed by atoms with Crippen molar-refractivity contribution >= 4 is 5.91 Å². The van der Waals surface area contributed by atoms with E-state index in [4.69, 9.17) is 4.74 Å². The Balaban J connectivity index is 2.09. The maximum atomic E-state index is 12.9. The molecular weight excluding hydrogens is 360 g/mol. The Hall–Kier alpha value is -3.01. The van der Waals surface area contributed by atoms with Gasteiger partial charge >= 0.3 is 0 Å². The van der Waals surface area contributed by atoms with Gasteiger partial charge in [0.2, 0.25) is 0 Å². The van der Waals surface area contributed by atoms with Crippen LogP contribution in [0.5, 0.6) is 5.75 Å². The molecule has 0 aliphatic heterocycles. The van der Waals surface area contributed by atoms with E-state index in [9.17, 15) is 4.79 Å². The van der Waals surface area contributed by atoms with Crippen molar-refractivity contribution in [3.63, 3.8) is 0 Å². The lowest BCUT2D eigenvalue weighted by atomic mass is 10.1. The van der Waals surface area contributed by atoms with Gasteiger partial charge in [-0.3, -0.25) is 4.79 Å². The van der Waals surface area contributed by atoms with Crippen LogP contribution in [0, 0.1) is 12.8 Å². The van der Waals surface area contributed by atoms with Gasteiger partial charge in [0.1, 0.15) is 5.75 Å². The van der Waals surface area contributed by atoms with Gasteiger partial charge in [-0.1, -0.05) is 56.3 Å². The summed E-state index contributed by atoms with van der Waals surface area (Å²) < 4.78 is 8.00. The van der Waals surface area contributed by atoms with Crippen LogP contribution in [0.15, 0.2) is 60.7 Å². The molecule has 152 valence electrons. The minimum atomic E-state index is -0.0343. The average Bonchev–Trinajstić information content (AvgIpc) is 3.06. The van der Waals surface area contributed by atoms with E-state index in [1.54, 1.807) is 0 Å². The van der Waals surface area contributed by atoms with E-state index in [0.29, 0.717) is 24.6 Å². The van der Waals surface area contributed by atoms with E-state index < -0.39 is 0 Å². The van der Waals surface area contributed by atoms with Crippen LogP contribution in [0.4, 0.5) is 0 Å². The number of rotatable bonds is 8. The molecule has 0 saturated heterocycles. The summed E-state index contributed by atoms with van der Waals surface area (Å²) in [4.78, 5) is 12.9. The molecule has 1 N–H and O–H groups in total. The van der Waals surface area contributed by atoms with Crippen LogP contribution in [0.25, 0.3) is 16.9 Å². The second-order valence-corrected chi connectivity index (χ2v) is 7.57. The zero-order valence-corrected chi connectivity index (χ0v) is 17.7. The highest BCUT2D eigenvalue weighted by Crippen LogP contribution is 2.33. The monoisotopic (exact) mass is 390 g/mol. The smallest absolute Gasteiger partial charge is 0.253 e. The van der Waals surface area contributed by atoms with Crippen molar-refractivity contribution in [1.29, 1.82) is 0 Å². The van der Waals surface area contributed by atoms with Crippen molar-refractivity contribution in [3.8, 4) is 22.7 Å². The number of carbonyl (C=O) groups is 1. The molecule has 0 bridgehead atoms. The second kappa shape index (κ2) is 9.46. The number of para-hydroxylation sites is 2. The Kier molecular flexibility index (Phi) is 6.76. The fourth-order valence-corrected chi connectivity index (χ4v) is 3.46. The Bertz CT molecular complexity index is 958. The van der Waals surface area contributed by atoms with E-state index in [0.717, 1.165) is 34.8 Å². The molecule has 0 fully saturated rings. The zero-order valence-electron chi connectivity index (χ0n) is 17.7. The summed E-state index contributed by atoms with van der Waals surface area (Å²) in [6.45, 7) is 9.55. The van der Waals surface area contributed by atoms with Crippen molar-refractivity contribution in [2.45, 2.75) is 34.1 Å². The first-order chi connectivity index (χ1) is 14.0. The van der Waals surface area contributed by atoms with Crippen LogP contribution < -0.4 is 10.1 Å². The van der Waals surface area contributed by atoms with Gasteiger partial charge in [-0.05, 0) is 49.9 Å². The van der Waals surface area contributed by atoms with Gasteiger partial charge in [0.25, 0.3) is 5.91 Å². The molecule has 2 aromatic carbocycles. The van der Waals surface area contributed by atoms with Crippen LogP contribution in [-0.2, 0) is 0 Å². The number of hydrogen-bond donors (Lipinski definition) is 1. The number of carbonyl (C=O) groups excluding carboxylic acids is 1. The number of benzene rings is 2. The number of nitrogens with zero attached hydrogens (tertiary/aromatic N) is 1. The molecule has 3 aromatic rings. The van der Waals surface area contributed by atoms with Crippen LogP contribution in [0.2, 0.25) is 0 Å². The first kappa shape index (κ1) is 20.7. The Morgan fingerprint density at radius 1 is 1.07 bits per heavy atom. The Morgan fingerprint density at radius 3 is 2.45 bits per heavy atom. The fourth-order valence-electron chi connectivity index (χ4n) is 3.46. The van der Waals surface area contributed by atoms with Crippen LogP contribution >= 0.6 is 0 Å². The van der Waals surface area contributed by atoms with Crippen molar-refractivity contribution < 1.29 is 9.53 Å². The largest absolute Gasteiger partial charge is 0.492 e. The molecule has 1 heterocycles. The van der Waals surface area contributed by atoms with Crippen molar-refractivity contribution in [3.05, 3.63) is 71.9 Å². The first-order valence-electron chi connectivity index (χ1n) is 10.3. The third-order valence-electron chi connectivity index (χ3n) is 4.97. The quantitative estimate of drug-likeness (QED) is 0.542. The van der Waals surface area contributed by atoms with Crippen LogP contribution in [0.3, 0.4) is 0 Å². The van der Waals surface area contributed by atoms with Crippen molar-refractivity contribution in [2.75, 3.05) is 13.2 Å². The molecular formula is C25H30N2O2. The summed E-state index contributed by atoms with van der Waals surface area (Å²) in [7, 11) is 0. The van der Waals surface area contributed by atoms with E-state index in [-0.39, 0.29) is 5.91 Å². The van der Waals surface area contributed by atoms with Gasteiger partial charge in [0, 0.05) is 12.2 Å². The Morgan fingerprint density at radius 2 is 1.76 bits per heavy atom. The maximum Gasteiger partial charge on any atom is 0.253 e. The number of ether oxygens (including phenoxy) is 1. The zero-order chi connectivity index (χ0) is 20.8. The highest BCUT2D eigenvalue weighted by Gasteiger charge is 2.21. The summed E-state index contributed by atoms with van der Waals surface area (Å²) in [5.74, 6) is 1.32. The van der Waals surface area contributed by atoms with Gasteiger partial charge < -0.3 is 14.6 Å². The molecule has 0 atom stereocenters. The minimum absolute atomic E-state index is 0.0343. The van der Waals surface area contributed by atoms with E-state index in [2.05, 4.69) is 35.9 Å². The fraction of sp³-hybridized carbons (Fsp3) is 0.320. The molecule has 3 rings (SSSR count). The lowest BCUT2D eigenvalue weighted by molar-refractivity contribution is 0.0951. The molecule has 0 aliphatic rings. The van der Waals surface area contributed by atoms with E-state index in [1.807, 2.05) is 62.4 Å². The lowest BCUT2D eigenvalue weighted by Gasteiger charge is -2.16. The minimum Gasteiger partial charge on any atom is -0.492 e. The number of aromatic nitrogens is 1. The predicted molar refractivity (Wildman–Crippen MR) is 119 cm³/mol. The number of amides is 1. The van der Waals surface area contributed by atoms with Gasteiger partial charge in [-0.25, -0.2) is 0 Å². The molecule has 0 radical (unpaired) electrons. The molecule has 0 spiro atoms. The average molecular weight is 391 g/mol. The molecule has 4 heteroatoms. The SMILES string of the molecule is CCOc1ccccc1-n1c(-c2ccccc2)cc(C(=O)NCCC(C)C)c1C. The maximum absolute atomic E-state index is 12.9. The summed E-state index contributed by atoms with van der Waals surface area (Å²) >= 11 is 0. The lowest BCUT2D eigenvalue weighted by Crippen LogP contribution is -2.25. The molecule has 4 nitrogen and oxygen atoms in total. The molecule has 1 aromatic heterocycles. The second-order valence-electron chi connectivity index (χ2n) is 7.57. The molecule has 0 unspecified atom stereocenters. The summed E-state index contributed by atoms with van der Waals surface area (Å²) in [6, 6.07) is 20.1. The van der Waals surface area contributed by atoms with Gasteiger partial charge in [-0.15, -0.1) is 0 Å². The number of hydrogen-bond acceptors (Lipinski definition) is 2. The summed E-state index contributed by atoms with van der Waals surface area (Å²) in [5.41, 5.74) is 4.57. The van der Waals surface area contributed by atoms with Gasteiger partial charge in [0.05, 0.1) is 23.6 Å². The van der Waals surface area contributed by atoms with Crippen LogP contribution in [-0.4, -0.2) is 23.6 Å². The Labute approximate surface area is 173 Å². The van der Waals surface area contributed by atoms with Gasteiger partial charge in [0.15, 0.2) is 0 Å². The first-order valence-corrected chi connectivity index (χ1v) is 10.3. The summed E-state index contributed by atoms with van der Waals surface area (Å²) in [5, 5.41) is 3.07. The van der Waals surface area contributed by atoms with Crippen molar-refractivity contribution in [1.82, 2.24) is 9.88 Å².